The molecule has 43 heavy (non-hydrogen) atoms. The lowest BCUT2D eigenvalue weighted by Gasteiger charge is -2.40. The number of anilines is 1. The van der Waals surface area contributed by atoms with Crippen molar-refractivity contribution < 1.29 is 23.9 Å². The molecule has 1 fully saturated rings. The number of ether oxygens (including phenoxy) is 2. The number of carbonyl (C=O) groups excluding carboxylic acids is 3. The number of hydrogen-bond donors (Lipinski definition) is 0. The van der Waals surface area contributed by atoms with Gasteiger partial charge < -0.3 is 19.3 Å². The number of rotatable bonds is 7. The molecule has 9 heteroatoms. The third-order valence-corrected chi connectivity index (χ3v) is 8.43. The summed E-state index contributed by atoms with van der Waals surface area (Å²) in [4.78, 5) is 48.8. The highest BCUT2D eigenvalue weighted by Gasteiger charge is 2.38. The third-order valence-electron chi connectivity index (χ3n) is 8.00. The maximum Gasteiger partial charge on any atom is 0.338 e. The van der Waals surface area contributed by atoms with Gasteiger partial charge in [0.25, 0.3) is 5.91 Å². The molecule has 2 aliphatic heterocycles. The first-order valence-corrected chi connectivity index (χ1v) is 15.5. The molecule has 3 heterocycles. The van der Waals surface area contributed by atoms with E-state index in [9.17, 15) is 14.4 Å². The number of Topliss-reactive ketones (excluding diaryl/α,β-unsaturated/α-hetero) is 1. The van der Waals surface area contributed by atoms with Crippen LogP contribution in [0.1, 0.15) is 77.1 Å². The number of piperidine rings is 1. The fraction of sp³-hybridized carbons (Fsp3) is 0.412. The molecule has 1 aromatic heterocycles. The lowest BCUT2D eigenvalue weighted by Crippen LogP contribution is -2.45. The molecule has 1 atom stereocenters. The summed E-state index contributed by atoms with van der Waals surface area (Å²) in [5.41, 5.74) is 4.13. The van der Waals surface area contributed by atoms with E-state index in [1.807, 2.05) is 32.9 Å². The average Bonchev–Trinajstić information content (AvgIpc) is 2.99. The van der Waals surface area contributed by atoms with Crippen molar-refractivity contribution in [3.63, 3.8) is 0 Å². The van der Waals surface area contributed by atoms with E-state index in [0.717, 1.165) is 48.3 Å². The monoisotopic (exact) mass is 647 g/mol. The number of ketones is 1. The smallest absolute Gasteiger partial charge is 0.338 e. The van der Waals surface area contributed by atoms with E-state index in [2.05, 4.69) is 31.9 Å². The van der Waals surface area contributed by atoms with Gasteiger partial charge in [-0.15, -0.1) is 0 Å². The molecule has 2 aliphatic rings. The van der Waals surface area contributed by atoms with E-state index in [1.165, 1.54) is 6.20 Å². The summed E-state index contributed by atoms with van der Waals surface area (Å²) < 4.78 is 11.7. The van der Waals surface area contributed by atoms with E-state index in [-0.39, 0.29) is 24.2 Å². The van der Waals surface area contributed by atoms with Crippen LogP contribution in [0.4, 0.5) is 5.69 Å². The van der Waals surface area contributed by atoms with Crippen LogP contribution in [0, 0.1) is 0 Å². The second kappa shape index (κ2) is 13.0. The predicted molar refractivity (Wildman–Crippen MR) is 168 cm³/mol. The summed E-state index contributed by atoms with van der Waals surface area (Å²) >= 11 is 3.42. The molecule has 0 radical (unpaired) electrons. The van der Waals surface area contributed by atoms with Gasteiger partial charge in [-0.25, -0.2) is 4.79 Å². The number of aromatic nitrogens is 1. The molecule has 226 valence electrons. The van der Waals surface area contributed by atoms with Crippen molar-refractivity contribution in [2.45, 2.75) is 64.2 Å². The first-order valence-electron chi connectivity index (χ1n) is 14.7. The largest absolute Gasteiger partial charge is 0.456 e. The number of esters is 1. The standard InChI is InChI=1S/C34H38BrN3O5/c1-34(2,3)43-33(41)23-10-8-22(9-11-23)18-30(39)31-28-6-5-7-29(37-15-12-26(42-4)13-16-37)27(28)14-17-38(31)32(40)24-19-25(35)21-36-20-24/h5-11,19-21,26,31H,12-18H2,1-4H3. The van der Waals surface area contributed by atoms with E-state index >= 15 is 0 Å². The highest BCUT2D eigenvalue weighted by molar-refractivity contribution is 9.10. The molecule has 3 aromatic rings. The molecule has 0 spiro atoms. The summed E-state index contributed by atoms with van der Waals surface area (Å²) in [6.45, 7) is 7.64. The Kier molecular flexibility index (Phi) is 9.32. The molecule has 8 nitrogen and oxygen atoms in total. The van der Waals surface area contributed by atoms with Gasteiger partial charge in [-0.2, -0.15) is 0 Å². The maximum absolute atomic E-state index is 14.2. The Balaban J connectivity index is 1.45. The molecule has 0 aliphatic carbocycles. The van der Waals surface area contributed by atoms with Crippen molar-refractivity contribution in [3.05, 3.63) is 93.2 Å². The van der Waals surface area contributed by atoms with Gasteiger partial charge in [0.1, 0.15) is 11.6 Å². The van der Waals surface area contributed by atoms with Crippen LogP contribution < -0.4 is 4.90 Å². The normalized spacial score (nSPS) is 17.4. The van der Waals surface area contributed by atoms with Gasteiger partial charge in [-0.3, -0.25) is 14.6 Å². The molecular formula is C34H38BrN3O5. The van der Waals surface area contributed by atoms with E-state index < -0.39 is 17.6 Å². The van der Waals surface area contributed by atoms with Crippen LogP contribution in [0.3, 0.4) is 0 Å². The van der Waals surface area contributed by atoms with Gasteiger partial charge in [-0.05, 0) is 96.9 Å². The van der Waals surface area contributed by atoms with E-state index in [4.69, 9.17) is 9.47 Å². The van der Waals surface area contributed by atoms with Crippen molar-refractivity contribution in [3.8, 4) is 0 Å². The van der Waals surface area contributed by atoms with Gasteiger partial charge in [0.15, 0.2) is 5.78 Å². The lowest BCUT2D eigenvalue weighted by molar-refractivity contribution is -0.123. The van der Waals surface area contributed by atoms with Crippen LogP contribution in [0.2, 0.25) is 0 Å². The minimum Gasteiger partial charge on any atom is -0.456 e. The van der Waals surface area contributed by atoms with Crippen molar-refractivity contribution in [1.29, 1.82) is 0 Å². The molecule has 1 unspecified atom stereocenters. The fourth-order valence-electron chi connectivity index (χ4n) is 5.93. The van der Waals surface area contributed by atoms with Crippen LogP contribution in [-0.2, 0) is 27.1 Å². The number of halogens is 1. The fourth-order valence-corrected chi connectivity index (χ4v) is 6.30. The van der Waals surface area contributed by atoms with Crippen molar-refractivity contribution in [2.75, 3.05) is 31.6 Å². The molecule has 0 bridgehead atoms. The lowest BCUT2D eigenvalue weighted by atomic mass is 9.86. The number of pyridine rings is 1. The second-order valence-corrected chi connectivity index (χ2v) is 13.1. The Morgan fingerprint density at radius 2 is 1.70 bits per heavy atom. The average molecular weight is 649 g/mol. The number of hydrogen-bond acceptors (Lipinski definition) is 7. The van der Waals surface area contributed by atoms with Crippen LogP contribution in [0.25, 0.3) is 0 Å². The van der Waals surface area contributed by atoms with Crippen LogP contribution in [-0.4, -0.2) is 66.0 Å². The molecule has 5 rings (SSSR count). The second-order valence-electron chi connectivity index (χ2n) is 12.2. The molecule has 1 saturated heterocycles. The zero-order valence-corrected chi connectivity index (χ0v) is 26.7. The molecule has 0 N–H and O–H groups in total. The van der Waals surface area contributed by atoms with Crippen LogP contribution in [0.15, 0.2) is 65.4 Å². The van der Waals surface area contributed by atoms with Gasteiger partial charge in [0.05, 0.1) is 17.2 Å². The first-order chi connectivity index (χ1) is 20.5. The quantitative estimate of drug-likeness (QED) is 0.292. The maximum atomic E-state index is 14.2. The van der Waals surface area contributed by atoms with Crippen LogP contribution >= 0.6 is 15.9 Å². The van der Waals surface area contributed by atoms with Gasteiger partial charge in [0, 0.05) is 55.7 Å². The Hall–Kier alpha value is -3.56. The zero-order chi connectivity index (χ0) is 30.7. The Morgan fingerprint density at radius 3 is 2.35 bits per heavy atom. The highest BCUT2D eigenvalue weighted by Crippen LogP contribution is 2.38. The van der Waals surface area contributed by atoms with Crippen molar-refractivity contribution in [2.24, 2.45) is 0 Å². The summed E-state index contributed by atoms with van der Waals surface area (Å²) in [5, 5.41) is 0. The Bertz CT molecular complexity index is 1490. The molecule has 0 saturated carbocycles. The number of amides is 1. The summed E-state index contributed by atoms with van der Waals surface area (Å²) in [6.07, 6.45) is 6.09. The number of carbonyl (C=O) groups is 3. The third kappa shape index (κ3) is 7.16. The van der Waals surface area contributed by atoms with Crippen molar-refractivity contribution in [1.82, 2.24) is 9.88 Å². The van der Waals surface area contributed by atoms with Gasteiger partial charge in [0.2, 0.25) is 0 Å². The first kappa shape index (κ1) is 30.9. The molecular weight excluding hydrogens is 610 g/mol. The summed E-state index contributed by atoms with van der Waals surface area (Å²) in [6, 6.07) is 14.0. The summed E-state index contributed by atoms with van der Waals surface area (Å²) in [5.74, 6) is -0.727. The van der Waals surface area contributed by atoms with Crippen LogP contribution in [0.5, 0.6) is 0 Å². The highest BCUT2D eigenvalue weighted by atomic mass is 79.9. The number of benzene rings is 2. The summed E-state index contributed by atoms with van der Waals surface area (Å²) in [7, 11) is 1.76. The minimum atomic E-state index is -0.753. The topological polar surface area (TPSA) is 89.0 Å². The minimum absolute atomic E-state index is 0.0856. The molecule has 2 aromatic carbocycles. The van der Waals surface area contributed by atoms with Crippen molar-refractivity contribution >= 4 is 39.3 Å². The SMILES string of the molecule is COC1CCN(c2cccc3c2CCN(C(=O)c2cncc(Br)c2)C3C(=O)Cc2ccc(C(=O)OC(C)(C)C)cc2)CC1. The number of nitrogens with zero attached hydrogens (tertiary/aromatic N) is 3. The number of methoxy groups -OCH3 is 1. The van der Waals surface area contributed by atoms with Gasteiger partial charge in [-0.1, -0.05) is 24.3 Å². The van der Waals surface area contributed by atoms with E-state index in [1.54, 1.807) is 48.5 Å². The van der Waals surface area contributed by atoms with E-state index in [0.29, 0.717) is 28.6 Å². The molecule has 1 amide bonds. The Labute approximate surface area is 261 Å². The number of fused-ring (bicyclic) bond motifs is 1. The predicted octanol–water partition coefficient (Wildman–Crippen LogP) is 5.97. The zero-order valence-electron chi connectivity index (χ0n) is 25.1. The van der Waals surface area contributed by atoms with Gasteiger partial charge >= 0.3 is 5.97 Å². The Morgan fingerprint density at radius 1 is 0.977 bits per heavy atom.